The molecule has 0 fully saturated rings. The topological polar surface area (TPSA) is 72.4 Å². The van der Waals surface area contributed by atoms with E-state index >= 15 is 0 Å². The van der Waals surface area contributed by atoms with Crippen LogP contribution in [0.1, 0.15) is 27.4 Å². The highest BCUT2D eigenvalue weighted by molar-refractivity contribution is 5.95. The first kappa shape index (κ1) is 13.0. The molecule has 19 heavy (non-hydrogen) atoms. The monoisotopic (exact) mass is 264 g/mol. The lowest BCUT2D eigenvalue weighted by molar-refractivity contribution is 0.0953. The molecule has 0 aliphatic heterocycles. The number of aryl methyl sites for hydroxylation is 3. The molecule has 2 rings (SSSR count). The van der Waals surface area contributed by atoms with Crippen LogP contribution >= 0.6 is 0 Å². The summed E-state index contributed by atoms with van der Waals surface area (Å²) in [5.74, 6) is -0.420. The van der Waals surface area contributed by atoms with Crippen molar-refractivity contribution in [1.82, 2.24) is 15.2 Å². The molecule has 0 spiro atoms. The van der Waals surface area contributed by atoms with Gasteiger partial charge >= 0.3 is 0 Å². The van der Waals surface area contributed by atoms with E-state index in [9.17, 15) is 9.18 Å². The van der Waals surface area contributed by atoms with E-state index in [0.29, 0.717) is 17.0 Å². The van der Waals surface area contributed by atoms with Crippen LogP contribution in [0.4, 0.5) is 4.39 Å². The third kappa shape index (κ3) is 2.54. The number of carbonyl (C=O) groups excluding carboxylic acids is 1. The minimum absolute atomic E-state index is 0.242. The summed E-state index contributed by atoms with van der Waals surface area (Å²) in [7, 11) is 1.49. The number of hydrogen-bond donors (Lipinski definition) is 1. The van der Waals surface area contributed by atoms with Crippen LogP contribution in [0, 0.1) is 19.8 Å². The number of furan rings is 1. The average Bonchev–Trinajstić information content (AvgIpc) is 2.88. The predicted octanol–water partition coefficient (Wildman–Crippen LogP) is 1.53. The van der Waals surface area contributed by atoms with Crippen molar-refractivity contribution in [3.63, 3.8) is 0 Å². The third-order valence-corrected chi connectivity index (χ3v) is 2.66. The van der Waals surface area contributed by atoms with E-state index in [1.165, 1.54) is 25.6 Å². The van der Waals surface area contributed by atoms with Crippen LogP contribution < -0.4 is 5.43 Å². The summed E-state index contributed by atoms with van der Waals surface area (Å²) in [5.41, 5.74) is 3.43. The second kappa shape index (κ2) is 5.05. The second-order valence-corrected chi connectivity index (χ2v) is 4.00. The summed E-state index contributed by atoms with van der Waals surface area (Å²) < 4.78 is 19.7. The first-order valence-corrected chi connectivity index (χ1v) is 5.57. The predicted molar refractivity (Wildman–Crippen MR) is 66.4 cm³/mol. The Bertz CT molecular complexity index is 642. The zero-order valence-corrected chi connectivity index (χ0v) is 10.8. The zero-order chi connectivity index (χ0) is 14.0. The number of hydrogen-bond acceptors (Lipinski definition) is 4. The maximum Gasteiger partial charge on any atom is 0.274 e. The molecule has 0 atom stereocenters. The van der Waals surface area contributed by atoms with Gasteiger partial charge < -0.3 is 4.42 Å². The minimum atomic E-state index is -0.505. The molecule has 7 heteroatoms. The van der Waals surface area contributed by atoms with Gasteiger partial charge in [-0.3, -0.25) is 4.79 Å². The normalized spacial score (nSPS) is 11.2. The highest BCUT2D eigenvalue weighted by Gasteiger charge is 2.12. The van der Waals surface area contributed by atoms with Gasteiger partial charge in [-0.05, 0) is 19.9 Å². The Kier molecular flexibility index (Phi) is 3.46. The van der Waals surface area contributed by atoms with E-state index in [-0.39, 0.29) is 5.56 Å². The number of carbonyl (C=O) groups is 1. The summed E-state index contributed by atoms with van der Waals surface area (Å²) >= 11 is 0. The molecule has 0 aliphatic carbocycles. The standard InChI is InChI=1S/C12H13FN4O2/c1-7-10(11(13)17(3)16-7)6-14-15-12(18)9-4-5-19-8(9)2/h4-6H,1-3H3,(H,15,18)/b14-6+. The quantitative estimate of drug-likeness (QED) is 0.675. The summed E-state index contributed by atoms with van der Waals surface area (Å²) in [6.45, 7) is 3.33. The van der Waals surface area contributed by atoms with E-state index < -0.39 is 11.9 Å². The van der Waals surface area contributed by atoms with Crippen molar-refractivity contribution in [2.24, 2.45) is 12.1 Å². The number of nitrogens with one attached hydrogen (secondary N) is 1. The van der Waals surface area contributed by atoms with E-state index in [1.807, 2.05) is 0 Å². The Morgan fingerprint density at radius 3 is 2.84 bits per heavy atom. The molecular weight excluding hydrogens is 251 g/mol. The molecule has 100 valence electrons. The fourth-order valence-electron chi connectivity index (χ4n) is 1.63. The van der Waals surface area contributed by atoms with Gasteiger partial charge in [0.1, 0.15) is 5.76 Å². The van der Waals surface area contributed by atoms with Gasteiger partial charge in [-0.1, -0.05) is 0 Å². The SMILES string of the molecule is Cc1nn(C)c(F)c1/C=N/NC(=O)c1ccoc1C. The van der Waals surface area contributed by atoms with Gasteiger partial charge in [-0.25, -0.2) is 10.1 Å². The van der Waals surface area contributed by atoms with Gasteiger partial charge in [0.25, 0.3) is 5.91 Å². The lowest BCUT2D eigenvalue weighted by Crippen LogP contribution is -2.17. The van der Waals surface area contributed by atoms with Gasteiger partial charge in [-0.2, -0.15) is 14.6 Å². The number of halogens is 1. The Morgan fingerprint density at radius 1 is 1.58 bits per heavy atom. The summed E-state index contributed by atoms with van der Waals surface area (Å²) in [4.78, 5) is 11.7. The highest BCUT2D eigenvalue weighted by atomic mass is 19.1. The lowest BCUT2D eigenvalue weighted by Gasteiger charge is -1.97. The Hall–Kier alpha value is -2.44. The summed E-state index contributed by atoms with van der Waals surface area (Å²) in [6, 6.07) is 1.54. The molecule has 1 amide bonds. The summed E-state index contributed by atoms with van der Waals surface area (Å²) in [5, 5.41) is 7.61. The molecule has 0 aliphatic rings. The highest BCUT2D eigenvalue weighted by Crippen LogP contribution is 2.09. The van der Waals surface area contributed by atoms with Crippen molar-refractivity contribution >= 4 is 12.1 Å². The molecule has 2 heterocycles. The van der Waals surface area contributed by atoms with Gasteiger partial charge in [-0.15, -0.1) is 0 Å². The Morgan fingerprint density at radius 2 is 2.32 bits per heavy atom. The number of rotatable bonds is 3. The van der Waals surface area contributed by atoms with Crippen molar-refractivity contribution in [3.8, 4) is 0 Å². The summed E-state index contributed by atoms with van der Waals surface area (Å²) in [6.07, 6.45) is 2.64. The number of hydrazone groups is 1. The molecule has 0 radical (unpaired) electrons. The van der Waals surface area contributed by atoms with Crippen molar-refractivity contribution < 1.29 is 13.6 Å². The third-order valence-electron chi connectivity index (χ3n) is 2.66. The van der Waals surface area contributed by atoms with Crippen molar-refractivity contribution in [2.75, 3.05) is 0 Å². The van der Waals surface area contributed by atoms with Gasteiger partial charge in [0, 0.05) is 7.05 Å². The van der Waals surface area contributed by atoms with Crippen molar-refractivity contribution in [3.05, 3.63) is 40.9 Å². The van der Waals surface area contributed by atoms with E-state index in [1.54, 1.807) is 13.8 Å². The molecule has 0 bridgehead atoms. The largest absolute Gasteiger partial charge is 0.469 e. The Balaban J connectivity index is 2.09. The first-order chi connectivity index (χ1) is 9.00. The molecule has 0 saturated carbocycles. The minimum Gasteiger partial charge on any atom is -0.469 e. The molecule has 0 unspecified atom stereocenters. The van der Waals surface area contributed by atoms with Crippen LogP contribution in [-0.4, -0.2) is 21.9 Å². The lowest BCUT2D eigenvalue weighted by atomic mass is 10.2. The Labute approximate surface area is 108 Å². The average molecular weight is 264 g/mol. The van der Waals surface area contributed by atoms with Gasteiger partial charge in [0.15, 0.2) is 0 Å². The smallest absolute Gasteiger partial charge is 0.274 e. The molecule has 0 saturated heterocycles. The van der Waals surface area contributed by atoms with Crippen LogP contribution in [0.15, 0.2) is 21.8 Å². The molecular formula is C12H13FN4O2. The zero-order valence-electron chi connectivity index (χ0n) is 10.8. The number of aromatic nitrogens is 2. The van der Waals surface area contributed by atoms with Crippen LogP contribution in [-0.2, 0) is 7.05 Å². The van der Waals surface area contributed by atoms with Crippen LogP contribution in [0.25, 0.3) is 0 Å². The molecule has 2 aromatic heterocycles. The molecule has 1 N–H and O–H groups in total. The first-order valence-electron chi connectivity index (χ1n) is 5.57. The fourth-order valence-corrected chi connectivity index (χ4v) is 1.63. The van der Waals surface area contributed by atoms with Gasteiger partial charge in [0.2, 0.25) is 5.95 Å². The number of nitrogens with zero attached hydrogens (tertiary/aromatic N) is 3. The maximum absolute atomic E-state index is 13.6. The molecule has 6 nitrogen and oxygen atoms in total. The van der Waals surface area contributed by atoms with E-state index in [2.05, 4.69) is 15.6 Å². The van der Waals surface area contributed by atoms with Crippen molar-refractivity contribution in [2.45, 2.75) is 13.8 Å². The van der Waals surface area contributed by atoms with E-state index in [0.717, 1.165) is 4.68 Å². The second-order valence-electron chi connectivity index (χ2n) is 4.00. The van der Waals surface area contributed by atoms with Gasteiger partial charge in [0.05, 0.1) is 29.3 Å². The van der Waals surface area contributed by atoms with Crippen LogP contribution in [0.3, 0.4) is 0 Å². The van der Waals surface area contributed by atoms with E-state index in [4.69, 9.17) is 4.42 Å². The van der Waals surface area contributed by atoms with Crippen molar-refractivity contribution in [1.29, 1.82) is 0 Å². The fraction of sp³-hybridized carbons (Fsp3) is 0.250. The number of amides is 1. The molecule has 0 aromatic carbocycles. The maximum atomic E-state index is 13.6. The molecule has 2 aromatic rings. The van der Waals surface area contributed by atoms with Crippen LogP contribution in [0.5, 0.6) is 0 Å². The van der Waals surface area contributed by atoms with Crippen LogP contribution in [0.2, 0.25) is 0 Å².